The van der Waals surface area contributed by atoms with Gasteiger partial charge in [-0.05, 0) is 62.4 Å². The zero-order valence-electron chi connectivity index (χ0n) is 11.7. The summed E-state index contributed by atoms with van der Waals surface area (Å²) in [4.78, 5) is 0. The molecule has 0 aromatic heterocycles. The molecule has 0 saturated heterocycles. The normalized spacial score (nSPS) is 10.9. The molecule has 0 nitrogen and oxygen atoms in total. The topological polar surface area (TPSA) is 0 Å². The van der Waals surface area contributed by atoms with E-state index in [2.05, 4.69) is 0 Å². The van der Waals surface area contributed by atoms with Crippen LogP contribution in [0.15, 0.2) is 30.3 Å². The molecule has 112 valence electrons. The van der Waals surface area contributed by atoms with Crippen LogP contribution in [0.4, 0.5) is 17.6 Å². The van der Waals surface area contributed by atoms with Gasteiger partial charge in [0.2, 0.25) is 0 Å². The molecule has 2 aromatic rings. The first-order valence-corrected chi connectivity index (χ1v) is 6.86. The largest absolute Gasteiger partial charge is 0.207 e. The minimum Gasteiger partial charge on any atom is -0.207 e. The number of benzene rings is 2. The zero-order valence-corrected chi connectivity index (χ0v) is 11.7. The Balaban J connectivity index is 1.91. The van der Waals surface area contributed by atoms with Crippen LogP contribution in [-0.2, 0) is 12.8 Å². The molecule has 0 heterocycles. The van der Waals surface area contributed by atoms with E-state index in [1.54, 1.807) is 0 Å². The van der Waals surface area contributed by atoms with Crippen molar-refractivity contribution in [2.24, 2.45) is 0 Å². The second kappa shape index (κ2) is 6.74. The van der Waals surface area contributed by atoms with Crippen molar-refractivity contribution in [1.29, 1.82) is 0 Å². The van der Waals surface area contributed by atoms with Gasteiger partial charge >= 0.3 is 0 Å². The van der Waals surface area contributed by atoms with E-state index in [4.69, 9.17) is 0 Å². The minimum atomic E-state index is -0.565. The fourth-order valence-corrected chi connectivity index (χ4v) is 2.24. The molecule has 21 heavy (non-hydrogen) atoms. The molecule has 0 radical (unpaired) electrons. The maximum absolute atomic E-state index is 13.4. The van der Waals surface area contributed by atoms with E-state index in [9.17, 15) is 17.6 Å². The Kier molecular flexibility index (Phi) is 4.99. The summed E-state index contributed by atoms with van der Waals surface area (Å²) in [5, 5.41) is 0. The first-order chi connectivity index (χ1) is 9.99. The summed E-state index contributed by atoms with van der Waals surface area (Å²) in [6.07, 6.45) is 1.91. The summed E-state index contributed by atoms with van der Waals surface area (Å²) >= 11 is 0. The lowest BCUT2D eigenvalue weighted by molar-refractivity contribution is 0.545. The average Bonchev–Trinajstić information content (AvgIpc) is 2.43. The Labute approximate surface area is 121 Å². The van der Waals surface area contributed by atoms with E-state index in [0.717, 1.165) is 0 Å². The molecule has 0 unspecified atom stereocenters. The van der Waals surface area contributed by atoms with Gasteiger partial charge in [0.15, 0.2) is 0 Å². The third kappa shape index (κ3) is 3.84. The molecule has 0 aliphatic rings. The van der Waals surface area contributed by atoms with Crippen LogP contribution in [0.2, 0.25) is 0 Å². The number of unbranched alkanes of at least 4 members (excludes halogenated alkanes) is 1. The van der Waals surface area contributed by atoms with Gasteiger partial charge in [-0.1, -0.05) is 6.07 Å². The Bertz CT molecular complexity index is 591. The molecule has 4 heteroatoms. The zero-order chi connectivity index (χ0) is 15.4. The molecule has 0 fully saturated rings. The van der Waals surface area contributed by atoms with Crippen molar-refractivity contribution in [1.82, 2.24) is 0 Å². The van der Waals surface area contributed by atoms with Crippen LogP contribution in [0, 0.1) is 30.2 Å². The van der Waals surface area contributed by atoms with Gasteiger partial charge in [-0.25, -0.2) is 17.6 Å². The number of hydrogen-bond acceptors (Lipinski definition) is 0. The first-order valence-electron chi connectivity index (χ1n) is 6.86. The highest BCUT2D eigenvalue weighted by Gasteiger charge is 2.09. The molecule has 2 rings (SSSR count). The highest BCUT2D eigenvalue weighted by Crippen LogP contribution is 2.18. The van der Waals surface area contributed by atoms with E-state index in [0.29, 0.717) is 24.8 Å². The number of halogens is 4. The molecule has 0 amide bonds. The van der Waals surface area contributed by atoms with E-state index in [-0.39, 0.29) is 17.5 Å². The van der Waals surface area contributed by atoms with Gasteiger partial charge in [0.25, 0.3) is 0 Å². The van der Waals surface area contributed by atoms with Gasteiger partial charge in [0.1, 0.15) is 23.3 Å². The summed E-state index contributed by atoms with van der Waals surface area (Å²) in [6, 6.07) is 6.39. The number of hydrogen-bond donors (Lipinski definition) is 0. The molecule has 0 aliphatic heterocycles. The van der Waals surface area contributed by atoms with Crippen LogP contribution in [-0.4, -0.2) is 0 Å². The standard InChI is InChI=1S/C17H16F4/c1-11-16(20)9-12(10-17(11)21)5-2-3-6-13-14(18)7-4-8-15(13)19/h4,7-10H,2-3,5-6H2,1H3. The smallest absolute Gasteiger partial charge is 0.129 e. The van der Waals surface area contributed by atoms with Crippen LogP contribution in [0.5, 0.6) is 0 Å². The van der Waals surface area contributed by atoms with Crippen molar-refractivity contribution < 1.29 is 17.6 Å². The van der Waals surface area contributed by atoms with Gasteiger partial charge < -0.3 is 0 Å². The predicted molar refractivity (Wildman–Crippen MR) is 74.1 cm³/mol. The van der Waals surface area contributed by atoms with Gasteiger partial charge in [-0.15, -0.1) is 0 Å². The Hall–Kier alpha value is -1.84. The minimum absolute atomic E-state index is 0.00665. The molecule has 2 aromatic carbocycles. The van der Waals surface area contributed by atoms with E-state index in [1.165, 1.54) is 37.3 Å². The van der Waals surface area contributed by atoms with Crippen molar-refractivity contribution in [3.05, 3.63) is 70.3 Å². The lowest BCUT2D eigenvalue weighted by Gasteiger charge is -2.06. The number of aryl methyl sites for hydroxylation is 1. The highest BCUT2D eigenvalue weighted by molar-refractivity contribution is 5.25. The summed E-state index contributed by atoms with van der Waals surface area (Å²) in [5.74, 6) is -2.24. The van der Waals surface area contributed by atoms with Crippen LogP contribution in [0.25, 0.3) is 0 Å². The monoisotopic (exact) mass is 296 g/mol. The van der Waals surface area contributed by atoms with Crippen LogP contribution in [0.1, 0.15) is 29.5 Å². The van der Waals surface area contributed by atoms with Gasteiger partial charge in [0, 0.05) is 11.1 Å². The van der Waals surface area contributed by atoms with Crippen molar-refractivity contribution in [2.45, 2.75) is 32.6 Å². The first kappa shape index (κ1) is 15.5. The Morgan fingerprint density at radius 1 is 0.762 bits per heavy atom. The van der Waals surface area contributed by atoms with E-state index >= 15 is 0 Å². The van der Waals surface area contributed by atoms with Crippen molar-refractivity contribution in [3.8, 4) is 0 Å². The quantitative estimate of drug-likeness (QED) is 0.531. The van der Waals surface area contributed by atoms with Crippen molar-refractivity contribution in [2.75, 3.05) is 0 Å². The predicted octanol–water partition coefficient (Wildman–Crippen LogP) is 5.12. The average molecular weight is 296 g/mol. The third-order valence-corrected chi connectivity index (χ3v) is 3.54. The van der Waals surface area contributed by atoms with Gasteiger partial charge in [-0.3, -0.25) is 0 Å². The maximum Gasteiger partial charge on any atom is 0.129 e. The molecule has 0 spiro atoms. The van der Waals surface area contributed by atoms with Gasteiger partial charge in [-0.2, -0.15) is 0 Å². The second-order valence-corrected chi connectivity index (χ2v) is 5.09. The van der Waals surface area contributed by atoms with Crippen LogP contribution in [0.3, 0.4) is 0 Å². The molecular formula is C17H16F4. The highest BCUT2D eigenvalue weighted by atomic mass is 19.1. The molecule has 0 N–H and O–H groups in total. The SMILES string of the molecule is Cc1c(F)cc(CCCCc2c(F)cccc2F)cc1F. The Morgan fingerprint density at radius 2 is 1.29 bits per heavy atom. The summed E-state index contributed by atoms with van der Waals surface area (Å²) in [5.41, 5.74) is 0.635. The summed E-state index contributed by atoms with van der Waals surface area (Å²) in [6.45, 7) is 1.38. The fraction of sp³-hybridized carbons (Fsp3) is 0.294. The van der Waals surface area contributed by atoms with E-state index < -0.39 is 23.3 Å². The molecule has 0 saturated carbocycles. The number of rotatable bonds is 5. The molecular weight excluding hydrogens is 280 g/mol. The lowest BCUT2D eigenvalue weighted by Crippen LogP contribution is -1.98. The van der Waals surface area contributed by atoms with Crippen LogP contribution < -0.4 is 0 Å². The second-order valence-electron chi connectivity index (χ2n) is 5.09. The van der Waals surface area contributed by atoms with Crippen LogP contribution >= 0.6 is 0 Å². The third-order valence-electron chi connectivity index (χ3n) is 3.54. The summed E-state index contributed by atoms with van der Waals surface area (Å²) < 4.78 is 53.6. The summed E-state index contributed by atoms with van der Waals surface area (Å²) in [7, 11) is 0. The fourth-order valence-electron chi connectivity index (χ4n) is 2.24. The molecule has 0 bridgehead atoms. The van der Waals surface area contributed by atoms with E-state index in [1.807, 2.05) is 0 Å². The van der Waals surface area contributed by atoms with Crippen molar-refractivity contribution in [3.63, 3.8) is 0 Å². The Morgan fingerprint density at radius 3 is 1.86 bits per heavy atom. The molecule has 0 aliphatic carbocycles. The van der Waals surface area contributed by atoms with Gasteiger partial charge in [0.05, 0.1) is 0 Å². The van der Waals surface area contributed by atoms with Crippen molar-refractivity contribution >= 4 is 0 Å². The lowest BCUT2D eigenvalue weighted by atomic mass is 10.0. The maximum atomic E-state index is 13.4. The molecule has 0 atom stereocenters.